The first-order chi connectivity index (χ1) is 15.0. The molecule has 160 valence electrons. The van der Waals surface area contributed by atoms with Crippen molar-refractivity contribution in [1.29, 1.82) is 0 Å². The van der Waals surface area contributed by atoms with Crippen LogP contribution in [0.15, 0.2) is 40.9 Å². The van der Waals surface area contributed by atoms with Crippen molar-refractivity contribution in [2.45, 2.75) is 38.0 Å². The third kappa shape index (κ3) is 3.38. The molecular weight excluding hydrogens is 456 g/mol. The van der Waals surface area contributed by atoms with Gasteiger partial charge in [-0.15, -0.1) is 0 Å². The lowest BCUT2D eigenvalue weighted by Crippen LogP contribution is -2.43. The maximum atomic E-state index is 11.1. The van der Waals surface area contributed by atoms with Gasteiger partial charge in [-0.25, -0.2) is 4.79 Å². The lowest BCUT2D eigenvalue weighted by Gasteiger charge is -2.54. The summed E-state index contributed by atoms with van der Waals surface area (Å²) in [6, 6.07) is 12.4. The Morgan fingerprint density at radius 2 is 1.61 bits per heavy atom. The van der Waals surface area contributed by atoms with E-state index in [2.05, 4.69) is 28.1 Å². The fraction of sp³-hybridized carbons (Fsp3) is 0.423. The summed E-state index contributed by atoms with van der Waals surface area (Å²) in [6.45, 7) is 0.298. The number of carboxylic acids is 1. The molecule has 0 atom stereocenters. The van der Waals surface area contributed by atoms with Gasteiger partial charge in [0.25, 0.3) is 0 Å². The number of hydrogen-bond acceptors (Lipinski definition) is 3. The van der Waals surface area contributed by atoms with Gasteiger partial charge in [0.05, 0.1) is 0 Å². The second-order valence-electron chi connectivity index (χ2n) is 9.68. The van der Waals surface area contributed by atoms with Crippen LogP contribution in [0.5, 0.6) is 11.5 Å². The number of fused-ring (bicyclic) bond motifs is 1. The van der Waals surface area contributed by atoms with E-state index < -0.39 is 5.97 Å². The van der Waals surface area contributed by atoms with E-state index in [1.165, 1.54) is 37.7 Å². The normalized spacial score (nSPS) is 30.6. The highest BCUT2D eigenvalue weighted by Crippen LogP contribution is 2.62. The Morgan fingerprint density at radius 1 is 0.935 bits per heavy atom. The number of rotatable bonds is 4. The van der Waals surface area contributed by atoms with Gasteiger partial charge >= 0.3 is 5.97 Å². The highest BCUT2D eigenvalue weighted by atomic mass is 79.9. The molecule has 2 aromatic rings. The summed E-state index contributed by atoms with van der Waals surface area (Å²) in [6.07, 6.45) is 8.56. The fourth-order valence-corrected chi connectivity index (χ4v) is 7.13. The minimum absolute atomic E-state index is 0.146. The number of benzene rings is 2. The van der Waals surface area contributed by atoms with E-state index in [0.29, 0.717) is 12.7 Å². The summed E-state index contributed by atoms with van der Waals surface area (Å²) in [7, 11) is 0. The molecule has 31 heavy (non-hydrogen) atoms. The van der Waals surface area contributed by atoms with Crippen molar-refractivity contribution in [3.8, 4) is 22.6 Å². The summed E-state index contributed by atoms with van der Waals surface area (Å²) < 4.78 is 12.0. The van der Waals surface area contributed by atoms with Crippen molar-refractivity contribution in [1.82, 2.24) is 0 Å². The molecule has 1 aliphatic heterocycles. The zero-order chi connectivity index (χ0) is 21.1. The second-order valence-corrected chi connectivity index (χ2v) is 10.5. The third-order valence-corrected chi connectivity index (χ3v) is 8.40. The van der Waals surface area contributed by atoms with Gasteiger partial charge in [0, 0.05) is 5.56 Å². The maximum absolute atomic E-state index is 11.1. The van der Waals surface area contributed by atoms with E-state index in [-0.39, 0.29) is 4.48 Å². The van der Waals surface area contributed by atoms with Crippen LogP contribution in [0, 0.1) is 23.7 Å². The summed E-state index contributed by atoms with van der Waals surface area (Å²) in [4.78, 5) is 11.1. The molecule has 1 heterocycles. The average molecular weight is 481 g/mol. The number of hydrogen-bond donors (Lipinski definition) is 1. The molecule has 0 amide bonds. The molecule has 1 N–H and O–H groups in total. The number of carboxylic acid groups (broad SMARTS) is 1. The van der Waals surface area contributed by atoms with Crippen molar-refractivity contribution in [2.75, 3.05) is 6.79 Å². The first kappa shape index (κ1) is 19.4. The van der Waals surface area contributed by atoms with E-state index in [9.17, 15) is 4.79 Å². The Balaban J connectivity index is 1.37. The molecule has 0 aromatic heterocycles. The smallest absolute Gasteiger partial charge is 0.342 e. The Bertz CT molecular complexity index is 1040. The molecule has 7 rings (SSSR count). The zero-order valence-corrected chi connectivity index (χ0v) is 18.8. The quantitative estimate of drug-likeness (QED) is 0.511. The highest BCUT2D eigenvalue weighted by molar-refractivity contribution is 9.12. The number of aliphatic carboxylic acids is 1. The maximum Gasteiger partial charge on any atom is 0.342 e. The van der Waals surface area contributed by atoms with Crippen LogP contribution in [0.1, 0.15) is 49.1 Å². The van der Waals surface area contributed by atoms with Crippen molar-refractivity contribution < 1.29 is 19.4 Å². The van der Waals surface area contributed by atoms with Gasteiger partial charge in [-0.3, -0.25) is 0 Å². The SMILES string of the molecule is O=C(O)C(Br)=Cc1ccc(-c2cc3c(c(C4C5CC6CC(C5)CC4C6)c2)OCO3)cc1. The molecule has 4 bridgehead atoms. The van der Waals surface area contributed by atoms with Crippen LogP contribution in [-0.2, 0) is 4.79 Å². The van der Waals surface area contributed by atoms with Gasteiger partial charge in [-0.1, -0.05) is 24.3 Å². The monoisotopic (exact) mass is 480 g/mol. The largest absolute Gasteiger partial charge is 0.477 e. The van der Waals surface area contributed by atoms with Crippen LogP contribution in [0.2, 0.25) is 0 Å². The molecule has 5 heteroatoms. The Labute approximate surface area is 190 Å². The number of carbonyl (C=O) groups is 1. The molecule has 5 aliphatic rings. The lowest BCUT2D eigenvalue weighted by molar-refractivity contribution is -0.131. The van der Waals surface area contributed by atoms with Crippen molar-refractivity contribution in [2.24, 2.45) is 23.7 Å². The molecule has 4 saturated carbocycles. The van der Waals surface area contributed by atoms with Crippen molar-refractivity contribution in [3.63, 3.8) is 0 Å². The summed E-state index contributed by atoms with van der Waals surface area (Å²) in [5.74, 6) is 4.87. The van der Waals surface area contributed by atoms with E-state index in [1.54, 1.807) is 6.08 Å². The summed E-state index contributed by atoms with van der Waals surface area (Å²) >= 11 is 3.09. The predicted octanol–water partition coefficient (Wildman–Crippen LogP) is 6.44. The van der Waals surface area contributed by atoms with Gasteiger partial charge in [0.1, 0.15) is 4.48 Å². The van der Waals surface area contributed by atoms with Crippen LogP contribution in [0.4, 0.5) is 0 Å². The zero-order valence-electron chi connectivity index (χ0n) is 17.2. The van der Waals surface area contributed by atoms with E-state index in [0.717, 1.165) is 51.9 Å². The first-order valence-corrected chi connectivity index (χ1v) is 12.0. The standard InChI is InChI=1S/C26H25BrO4/c27-22(26(28)29)10-14-1-3-17(4-2-14)18-11-21(25-23(12-18)30-13-31-25)24-19-6-15-5-16(8-19)9-20(24)7-15/h1-4,10-12,15-16,19-20,24H,5-9,13H2,(H,28,29). The first-order valence-electron chi connectivity index (χ1n) is 11.2. The van der Waals surface area contributed by atoms with Gasteiger partial charge in [0.15, 0.2) is 11.5 Å². The van der Waals surface area contributed by atoms with Crippen LogP contribution >= 0.6 is 15.9 Å². The molecule has 4 nitrogen and oxygen atoms in total. The molecular formula is C26H25BrO4. The third-order valence-electron chi connectivity index (χ3n) is 7.83. The van der Waals surface area contributed by atoms with E-state index in [1.807, 2.05) is 24.3 Å². The average Bonchev–Trinajstić information content (AvgIpc) is 3.22. The predicted molar refractivity (Wildman–Crippen MR) is 122 cm³/mol. The Morgan fingerprint density at radius 3 is 2.26 bits per heavy atom. The number of halogens is 1. The lowest BCUT2D eigenvalue weighted by atomic mass is 9.50. The molecule has 0 spiro atoms. The fourth-order valence-electron chi connectivity index (χ4n) is 6.86. The van der Waals surface area contributed by atoms with Gasteiger partial charge < -0.3 is 14.6 Å². The van der Waals surface area contributed by atoms with Gasteiger partial charge in [0.2, 0.25) is 6.79 Å². The second kappa shape index (κ2) is 7.40. The molecule has 0 saturated heterocycles. The molecule has 4 aliphatic carbocycles. The topological polar surface area (TPSA) is 55.8 Å². The minimum Gasteiger partial charge on any atom is -0.477 e. The summed E-state index contributed by atoms with van der Waals surface area (Å²) in [5, 5.41) is 9.07. The van der Waals surface area contributed by atoms with Crippen LogP contribution in [-0.4, -0.2) is 17.9 Å². The minimum atomic E-state index is -0.972. The molecule has 0 unspecified atom stereocenters. The van der Waals surface area contributed by atoms with Crippen LogP contribution < -0.4 is 9.47 Å². The Hall–Kier alpha value is -2.27. The molecule has 0 radical (unpaired) electrons. The van der Waals surface area contributed by atoms with Crippen molar-refractivity contribution >= 4 is 28.0 Å². The van der Waals surface area contributed by atoms with Gasteiger partial charge in [-0.05, 0) is 113 Å². The Kier molecular flexibility index (Phi) is 4.64. The van der Waals surface area contributed by atoms with Crippen LogP contribution in [0.3, 0.4) is 0 Å². The van der Waals surface area contributed by atoms with Crippen molar-refractivity contribution in [3.05, 3.63) is 52.0 Å². The molecule has 2 aromatic carbocycles. The van der Waals surface area contributed by atoms with Gasteiger partial charge in [-0.2, -0.15) is 0 Å². The summed E-state index contributed by atoms with van der Waals surface area (Å²) in [5.41, 5.74) is 4.43. The van der Waals surface area contributed by atoms with E-state index >= 15 is 0 Å². The number of ether oxygens (including phenoxy) is 2. The van der Waals surface area contributed by atoms with Crippen LogP contribution in [0.25, 0.3) is 17.2 Å². The highest BCUT2D eigenvalue weighted by Gasteiger charge is 2.49. The molecule has 4 fully saturated rings. The van der Waals surface area contributed by atoms with E-state index in [4.69, 9.17) is 14.6 Å².